The fraction of sp³-hybridized carbons (Fsp3) is 0.346. The van der Waals surface area contributed by atoms with E-state index in [-0.39, 0.29) is 17.9 Å². The number of aromatic nitrogens is 2. The number of carbonyl (C=O) groups is 1. The van der Waals surface area contributed by atoms with Gasteiger partial charge in [-0.05, 0) is 55.4 Å². The molecule has 0 saturated carbocycles. The molecule has 1 N–H and O–H groups in total. The summed E-state index contributed by atoms with van der Waals surface area (Å²) < 4.78 is 0. The summed E-state index contributed by atoms with van der Waals surface area (Å²) in [5, 5.41) is 12.2. The third-order valence-corrected chi connectivity index (χ3v) is 6.60. The quantitative estimate of drug-likeness (QED) is 0.683. The topological polar surface area (TPSA) is 58.1 Å². The van der Waals surface area contributed by atoms with Crippen LogP contribution in [0.3, 0.4) is 0 Å². The van der Waals surface area contributed by atoms with E-state index in [1.165, 1.54) is 11.1 Å². The molecular formula is C26H28N4O. The summed E-state index contributed by atoms with van der Waals surface area (Å²) in [6, 6.07) is 22.8. The average Bonchev–Trinajstić information content (AvgIpc) is 2.85. The smallest absolute Gasteiger partial charge is 0.223 e. The van der Waals surface area contributed by atoms with Crippen LogP contribution in [0.1, 0.15) is 42.9 Å². The number of amides is 1. The van der Waals surface area contributed by atoms with Crippen molar-refractivity contribution in [3.63, 3.8) is 0 Å². The van der Waals surface area contributed by atoms with Gasteiger partial charge in [0.15, 0.2) is 5.82 Å². The maximum Gasteiger partial charge on any atom is 0.223 e. The number of rotatable bonds is 4. The van der Waals surface area contributed by atoms with E-state index in [2.05, 4.69) is 44.7 Å². The largest absolute Gasteiger partial charge is 0.355 e. The maximum atomic E-state index is 13.0. The monoisotopic (exact) mass is 412 g/mol. The van der Waals surface area contributed by atoms with E-state index >= 15 is 0 Å². The molecule has 1 saturated heterocycles. The molecule has 2 heterocycles. The second-order valence-corrected chi connectivity index (χ2v) is 8.56. The molecule has 0 spiro atoms. The molecule has 158 valence electrons. The number of nitrogens with one attached hydrogen (secondary N) is 1. The molecule has 1 aliphatic carbocycles. The van der Waals surface area contributed by atoms with E-state index in [0.717, 1.165) is 62.3 Å². The van der Waals surface area contributed by atoms with Crippen LogP contribution in [0.2, 0.25) is 0 Å². The molecule has 0 bridgehead atoms. The molecule has 1 atom stereocenters. The molecule has 5 heteroatoms. The van der Waals surface area contributed by atoms with Gasteiger partial charge in [0.2, 0.25) is 5.91 Å². The Balaban J connectivity index is 1.18. The standard InChI is InChI=1S/C26H28N4O/c31-26(27-24-12-6-10-19-7-4-5-11-22(19)24)21-15-17-30(18-16-21)25-14-13-23(28-29-25)20-8-2-1-3-9-20/h1-5,7-9,11,13-14,21,24H,6,10,12,15-18H2,(H,27,31). The third kappa shape index (κ3) is 4.31. The minimum Gasteiger partial charge on any atom is -0.355 e. The van der Waals surface area contributed by atoms with E-state index < -0.39 is 0 Å². The summed E-state index contributed by atoms with van der Waals surface area (Å²) >= 11 is 0. The molecule has 1 unspecified atom stereocenters. The van der Waals surface area contributed by atoms with E-state index in [4.69, 9.17) is 0 Å². The first-order chi connectivity index (χ1) is 15.3. The van der Waals surface area contributed by atoms with Crippen molar-refractivity contribution in [2.45, 2.75) is 38.1 Å². The highest BCUT2D eigenvalue weighted by molar-refractivity contribution is 5.79. The number of anilines is 1. The van der Waals surface area contributed by atoms with Crippen LogP contribution in [0.15, 0.2) is 66.7 Å². The number of nitrogens with zero attached hydrogens (tertiary/aromatic N) is 3. The molecule has 1 amide bonds. The van der Waals surface area contributed by atoms with Crippen molar-refractivity contribution in [1.29, 1.82) is 0 Å². The fourth-order valence-electron chi connectivity index (χ4n) is 4.82. The van der Waals surface area contributed by atoms with Crippen molar-refractivity contribution in [1.82, 2.24) is 15.5 Å². The van der Waals surface area contributed by atoms with Crippen LogP contribution in [0.5, 0.6) is 0 Å². The van der Waals surface area contributed by atoms with Crippen molar-refractivity contribution < 1.29 is 4.79 Å². The van der Waals surface area contributed by atoms with Crippen LogP contribution < -0.4 is 10.2 Å². The zero-order chi connectivity index (χ0) is 21.0. The van der Waals surface area contributed by atoms with Crippen molar-refractivity contribution in [3.8, 4) is 11.3 Å². The van der Waals surface area contributed by atoms with Gasteiger partial charge in [0, 0.05) is 24.6 Å². The second kappa shape index (κ2) is 8.88. The molecule has 1 aromatic heterocycles. The Bertz CT molecular complexity index is 1030. The molecule has 1 fully saturated rings. The first-order valence-electron chi connectivity index (χ1n) is 11.3. The van der Waals surface area contributed by atoms with E-state index in [0.29, 0.717) is 0 Å². The highest BCUT2D eigenvalue weighted by atomic mass is 16.1. The molecular weight excluding hydrogens is 384 g/mol. The van der Waals surface area contributed by atoms with Crippen LogP contribution in [-0.2, 0) is 11.2 Å². The Kier molecular flexibility index (Phi) is 5.65. The number of aryl methyl sites for hydroxylation is 1. The highest BCUT2D eigenvalue weighted by Gasteiger charge is 2.29. The van der Waals surface area contributed by atoms with Gasteiger partial charge in [0.05, 0.1) is 11.7 Å². The zero-order valence-electron chi connectivity index (χ0n) is 17.7. The van der Waals surface area contributed by atoms with Crippen molar-refractivity contribution >= 4 is 11.7 Å². The van der Waals surface area contributed by atoms with Crippen molar-refractivity contribution in [3.05, 3.63) is 77.9 Å². The summed E-state index contributed by atoms with van der Waals surface area (Å²) in [5.74, 6) is 1.16. The first-order valence-corrected chi connectivity index (χ1v) is 11.3. The fourth-order valence-corrected chi connectivity index (χ4v) is 4.82. The van der Waals surface area contributed by atoms with Gasteiger partial charge in [-0.25, -0.2) is 0 Å². The molecule has 0 radical (unpaired) electrons. The normalized spacial score (nSPS) is 19.0. The van der Waals surface area contributed by atoms with Gasteiger partial charge in [-0.2, -0.15) is 0 Å². The van der Waals surface area contributed by atoms with Gasteiger partial charge in [-0.15, -0.1) is 10.2 Å². The Morgan fingerprint density at radius 3 is 2.42 bits per heavy atom. The Hall–Kier alpha value is -3.21. The van der Waals surface area contributed by atoms with Gasteiger partial charge in [-0.3, -0.25) is 4.79 Å². The van der Waals surface area contributed by atoms with Crippen LogP contribution in [0.4, 0.5) is 5.82 Å². The lowest BCUT2D eigenvalue weighted by Crippen LogP contribution is -2.42. The molecule has 31 heavy (non-hydrogen) atoms. The van der Waals surface area contributed by atoms with Crippen LogP contribution in [-0.4, -0.2) is 29.2 Å². The molecule has 2 aliphatic rings. The molecule has 2 aromatic carbocycles. The highest BCUT2D eigenvalue weighted by Crippen LogP contribution is 2.30. The van der Waals surface area contributed by atoms with Crippen LogP contribution in [0, 0.1) is 5.92 Å². The van der Waals surface area contributed by atoms with Crippen LogP contribution >= 0.6 is 0 Å². The number of carbonyl (C=O) groups excluding carboxylic acids is 1. The van der Waals surface area contributed by atoms with E-state index in [1.807, 2.05) is 42.5 Å². The number of hydrogen-bond acceptors (Lipinski definition) is 4. The lowest BCUT2D eigenvalue weighted by molar-refractivity contribution is -0.126. The number of hydrogen-bond donors (Lipinski definition) is 1. The molecule has 5 nitrogen and oxygen atoms in total. The first kappa shape index (κ1) is 19.7. The Labute approximate surface area is 183 Å². The van der Waals surface area contributed by atoms with Crippen LogP contribution in [0.25, 0.3) is 11.3 Å². The summed E-state index contributed by atoms with van der Waals surface area (Å²) in [6.45, 7) is 1.66. The summed E-state index contributed by atoms with van der Waals surface area (Å²) in [7, 11) is 0. The Morgan fingerprint density at radius 1 is 0.871 bits per heavy atom. The summed E-state index contributed by atoms with van der Waals surface area (Å²) in [4.78, 5) is 15.2. The van der Waals surface area contributed by atoms with E-state index in [1.54, 1.807) is 0 Å². The molecule has 5 rings (SSSR count). The maximum absolute atomic E-state index is 13.0. The van der Waals surface area contributed by atoms with Gasteiger partial charge >= 0.3 is 0 Å². The van der Waals surface area contributed by atoms with Gasteiger partial charge in [-0.1, -0.05) is 54.6 Å². The minimum atomic E-state index is 0.0712. The zero-order valence-corrected chi connectivity index (χ0v) is 17.7. The minimum absolute atomic E-state index is 0.0712. The van der Waals surface area contributed by atoms with E-state index in [9.17, 15) is 4.79 Å². The lowest BCUT2D eigenvalue weighted by atomic mass is 9.87. The van der Waals surface area contributed by atoms with Gasteiger partial charge in [0.1, 0.15) is 0 Å². The predicted molar refractivity (Wildman–Crippen MR) is 123 cm³/mol. The molecule has 3 aromatic rings. The van der Waals surface area contributed by atoms with Crippen molar-refractivity contribution in [2.75, 3.05) is 18.0 Å². The summed E-state index contributed by atoms with van der Waals surface area (Å²) in [5.41, 5.74) is 4.63. The van der Waals surface area contributed by atoms with Gasteiger partial charge in [0.25, 0.3) is 0 Å². The van der Waals surface area contributed by atoms with Crippen molar-refractivity contribution in [2.24, 2.45) is 5.92 Å². The van der Waals surface area contributed by atoms with Gasteiger partial charge < -0.3 is 10.2 Å². The number of fused-ring (bicyclic) bond motifs is 1. The average molecular weight is 413 g/mol. The number of benzene rings is 2. The predicted octanol–water partition coefficient (Wildman–Crippen LogP) is 4.55. The summed E-state index contributed by atoms with van der Waals surface area (Å²) in [6.07, 6.45) is 4.98. The SMILES string of the molecule is O=C(NC1CCCc2ccccc21)C1CCN(c2ccc(-c3ccccc3)nn2)CC1. The lowest BCUT2D eigenvalue weighted by Gasteiger charge is -2.33. The Morgan fingerprint density at radius 2 is 1.65 bits per heavy atom. The third-order valence-electron chi connectivity index (χ3n) is 6.60. The second-order valence-electron chi connectivity index (χ2n) is 8.56. The number of piperidine rings is 1. The molecule has 1 aliphatic heterocycles.